The van der Waals surface area contributed by atoms with E-state index in [4.69, 9.17) is 0 Å². The van der Waals surface area contributed by atoms with Crippen molar-refractivity contribution in [3.63, 3.8) is 0 Å². The molecule has 1 fully saturated rings. The number of rotatable bonds is 6. The van der Waals surface area contributed by atoms with Crippen LogP contribution in [0.1, 0.15) is 38.7 Å². The predicted octanol–water partition coefficient (Wildman–Crippen LogP) is 1.55. The van der Waals surface area contributed by atoms with Crippen LogP contribution in [0.5, 0.6) is 0 Å². The summed E-state index contributed by atoms with van der Waals surface area (Å²) >= 11 is 0. The summed E-state index contributed by atoms with van der Waals surface area (Å²) in [6, 6.07) is -0.191. The molecule has 3 N–H and O–H groups in total. The van der Waals surface area contributed by atoms with Crippen molar-refractivity contribution in [1.82, 2.24) is 15.3 Å². The largest absolute Gasteiger partial charge is 0.370 e. The molecule has 0 spiro atoms. The van der Waals surface area contributed by atoms with Crippen molar-refractivity contribution in [1.29, 1.82) is 0 Å². The Bertz CT molecular complexity index is 463. The van der Waals surface area contributed by atoms with E-state index in [0.29, 0.717) is 0 Å². The van der Waals surface area contributed by atoms with E-state index >= 15 is 0 Å². The Morgan fingerprint density at radius 2 is 2.15 bits per heavy atom. The molecule has 0 saturated carbocycles. The van der Waals surface area contributed by atoms with Crippen molar-refractivity contribution in [2.24, 2.45) is 0 Å². The monoisotopic (exact) mass is 277 g/mol. The Morgan fingerprint density at radius 3 is 2.85 bits per heavy atom. The molecule has 2 rings (SSSR count). The maximum absolute atomic E-state index is 11.8. The predicted molar refractivity (Wildman–Crippen MR) is 79.8 cm³/mol. The van der Waals surface area contributed by atoms with Gasteiger partial charge in [-0.25, -0.2) is 9.97 Å². The van der Waals surface area contributed by atoms with Crippen LogP contribution < -0.4 is 16.0 Å². The van der Waals surface area contributed by atoms with Crippen molar-refractivity contribution in [3.8, 4) is 0 Å². The molecular weight excluding hydrogens is 254 g/mol. The van der Waals surface area contributed by atoms with Gasteiger partial charge in [-0.2, -0.15) is 0 Å². The number of nitrogens with zero attached hydrogens (tertiary/aromatic N) is 2. The van der Waals surface area contributed by atoms with Crippen LogP contribution in [0.15, 0.2) is 6.33 Å². The molecule has 2 heterocycles. The Hall–Kier alpha value is -1.85. The topological polar surface area (TPSA) is 78.9 Å². The zero-order chi connectivity index (χ0) is 14.4. The lowest BCUT2D eigenvalue weighted by Crippen LogP contribution is -2.44. The van der Waals surface area contributed by atoms with Crippen LogP contribution in [0, 0.1) is 0 Å². The summed E-state index contributed by atoms with van der Waals surface area (Å²) < 4.78 is 0. The standard InChI is InChI=1S/C14H23N5O/c1-3-6-10-12(15-4-2)17-9-18-13(10)19-11-7-5-8-16-14(11)20/h9,11H,3-8H2,1-2H3,(H,16,20)(H2,15,17,18,19). The van der Waals surface area contributed by atoms with E-state index in [1.165, 1.54) is 0 Å². The first-order valence-corrected chi connectivity index (χ1v) is 7.38. The average Bonchev–Trinajstić information content (AvgIpc) is 2.45. The van der Waals surface area contributed by atoms with Gasteiger partial charge in [0.1, 0.15) is 24.0 Å². The van der Waals surface area contributed by atoms with Gasteiger partial charge in [0.05, 0.1) is 0 Å². The van der Waals surface area contributed by atoms with E-state index in [1.807, 2.05) is 6.92 Å². The van der Waals surface area contributed by atoms with E-state index in [-0.39, 0.29) is 11.9 Å². The molecule has 1 atom stereocenters. The van der Waals surface area contributed by atoms with Crippen LogP contribution in [-0.4, -0.2) is 35.0 Å². The fourth-order valence-corrected chi connectivity index (χ4v) is 2.42. The van der Waals surface area contributed by atoms with Crippen LogP contribution >= 0.6 is 0 Å². The maximum atomic E-state index is 11.8. The number of hydrogen-bond acceptors (Lipinski definition) is 5. The summed E-state index contributed by atoms with van der Waals surface area (Å²) in [7, 11) is 0. The van der Waals surface area contributed by atoms with Gasteiger partial charge in [0.2, 0.25) is 5.91 Å². The number of anilines is 2. The summed E-state index contributed by atoms with van der Waals surface area (Å²) in [6.45, 7) is 5.75. The second kappa shape index (κ2) is 7.07. The highest BCUT2D eigenvalue weighted by atomic mass is 16.2. The number of piperidine rings is 1. The second-order valence-corrected chi connectivity index (χ2v) is 4.96. The minimum atomic E-state index is -0.191. The van der Waals surface area contributed by atoms with Crippen LogP contribution in [0.3, 0.4) is 0 Å². The van der Waals surface area contributed by atoms with Crippen molar-refractivity contribution in [2.45, 2.75) is 45.6 Å². The van der Waals surface area contributed by atoms with Gasteiger partial charge in [0, 0.05) is 18.7 Å². The SMILES string of the molecule is CCCc1c(NCC)ncnc1NC1CCCNC1=O. The summed E-state index contributed by atoms with van der Waals surface area (Å²) in [6.07, 6.45) is 5.28. The smallest absolute Gasteiger partial charge is 0.242 e. The Kier molecular flexibility index (Phi) is 5.15. The van der Waals surface area contributed by atoms with Crippen LogP contribution in [-0.2, 0) is 11.2 Å². The van der Waals surface area contributed by atoms with E-state index in [2.05, 4.69) is 32.8 Å². The summed E-state index contributed by atoms with van der Waals surface area (Å²) in [5.41, 5.74) is 1.07. The van der Waals surface area contributed by atoms with Crippen LogP contribution in [0.2, 0.25) is 0 Å². The number of aromatic nitrogens is 2. The minimum Gasteiger partial charge on any atom is -0.370 e. The summed E-state index contributed by atoms with van der Waals surface area (Å²) in [4.78, 5) is 20.5. The van der Waals surface area contributed by atoms with Gasteiger partial charge >= 0.3 is 0 Å². The van der Waals surface area contributed by atoms with Gasteiger partial charge in [-0.05, 0) is 26.2 Å². The molecule has 0 aromatic carbocycles. The third kappa shape index (κ3) is 3.37. The fraction of sp³-hybridized carbons (Fsp3) is 0.643. The van der Waals surface area contributed by atoms with Gasteiger partial charge in [-0.15, -0.1) is 0 Å². The van der Waals surface area contributed by atoms with E-state index in [9.17, 15) is 4.79 Å². The molecule has 1 saturated heterocycles. The molecule has 1 unspecified atom stereocenters. The first kappa shape index (κ1) is 14.6. The molecule has 1 aromatic heterocycles. The van der Waals surface area contributed by atoms with Crippen LogP contribution in [0.4, 0.5) is 11.6 Å². The summed E-state index contributed by atoms with van der Waals surface area (Å²) in [5.74, 6) is 1.70. The highest BCUT2D eigenvalue weighted by molar-refractivity contribution is 5.85. The number of carbonyl (C=O) groups excluding carboxylic acids is 1. The molecule has 6 heteroatoms. The number of hydrogen-bond donors (Lipinski definition) is 3. The average molecular weight is 277 g/mol. The molecule has 110 valence electrons. The van der Waals surface area contributed by atoms with E-state index < -0.39 is 0 Å². The van der Waals surface area contributed by atoms with Crippen molar-refractivity contribution >= 4 is 17.5 Å². The van der Waals surface area contributed by atoms with Gasteiger partial charge in [-0.3, -0.25) is 4.79 Å². The summed E-state index contributed by atoms with van der Waals surface area (Å²) in [5, 5.41) is 9.42. The lowest BCUT2D eigenvalue weighted by molar-refractivity contribution is -0.123. The Morgan fingerprint density at radius 1 is 1.35 bits per heavy atom. The quantitative estimate of drug-likeness (QED) is 0.735. The lowest BCUT2D eigenvalue weighted by Gasteiger charge is -2.24. The minimum absolute atomic E-state index is 0.0577. The second-order valence-electron chi connectivity index (χ2n) is 4.96. The molecule has 1 aromatic rings. The number of carbonyl (C=O) groups is 1. The first-order valence-electron chi connectivity index (χ1n) is 7.38. The molecule has 1 aliphatic heterocycles. The third-order valence-electron chi connectivity index (χ3n) is 3.39. The zero-order valence-electron chi connectivity index (χ0n) is 12.2. The lowest BCUT2D eigenvalue weighted by atomic mass is 10.1. The highest BCUT2D eigenvalue weighted by Gasteiger charge is 2.23. The molecule has 0 bridgehead atoms. The Labute approximate surface area is 119 Å². The highest BCUT2D eigenvalue weighted by Crippen LogP contribution is 2.23. The van der Waals surface area contributed by atoms with Gasteiger partial charge < -0.3 is 16.0 Å². The van der Waals surface area contributed by atoms with Crippen molar-refractivity contribution in [3.05, 3.63) is 11.9 Å². The maximum Gasteiger partial charge on any atom is 0.242 e. The molecule has 6 nitrogen and oxygen atoms in total. The van der Waals surface area contributed by atoms with Gasteiger partial charge in [0.25, 0.3) is 0 Å². The molecule has 0 radical (unpaired) electrons. The van der Waals surface area contributed by atoms with Crippen molar-refractivity contribution < 1.29 is 4.79 Å². The fourth-order valence-electron chi connectivity index (χ4n) is 2.42. The number of nitrogens with one attached hydrogen (secondary N) is 3. The normalized spacial score (nSPS) is 18.5. The van der Waals surface area contributed by atoms with Gasteiger partial charge in [0.15, 0.2) is 0 Å². The molecule has 0 aliphatic carbocycles. The van der Waals surface area contributed by atoms with E-state index in [1.54, 1.807) is 6.33 Å². The molecule has 1 amide bonds. The molecule has 1 aliphatic rings. The first-order chi connectivity index (χ1) is 9.76. The Balaban J connectivity index is 2.20. The third-order valence-corrected chi connectivity index (χ3v) is 3.39. The zero-order valence-corrected chi connectivity index (χ0v) is 12.2. The molecular formula is C14H23N5O. The molecule has 20 heavy (non-hydrogen) atoms. The van der Waals surface area contributed by atoms with Crippen LogP contribution in [0.25, 0.3) is 0 Å². The van der Waals surface area contributed by atoms with Crippen molar-refractivity contribution in [2.75, 3.05) is 23.7 Å². The van der Waals surface area contributed by atoms with Gasteiger partial charge in [-0.1, -0.05) is 13.3 Å². The van der Waals surface area contributed by atoms with E-state index in [0.717, 1.165) is 56.0 Å². The number of amides is 1.